The molecule has 2 N–H and O–H groups in total. The third-order valence-corrected chi connectivity index (χ3v) is 8.02. The number of pyridine rings is 1. The second-order valence-electron chi connectivity index (χ2n) is 7.15. The fraction of sp³-hybridized carbons (Fsp3) is 0.688. The summed E-state index contributed by atoms with van der Waals surface area (Å²) in [6, 6.07) is 1.78. The van der Waals surface area contributed by atoms with Gasteiger partial charge in [0.1, 0.15) is 11.9 Å². The van der Waals surface area contributed by atoms with Crippen LogP contribution in [0.2, 0.25) is 11.6 Å². The number of aromatic hydroxyl groups is 1. The number of rotatable bonds is 2. The molecule has 0 aliphatic heterocycles. The summed E-state index contributed by atoms with van der Waals surface area (Å²) < 4.78 is 2.19. The van der Waals surface area contributed by atoms with Gasteiger partial charge >= 0.3 is 8.80 Å². The molecular formula is C16H27NO2Si+2. The van der Waals surface area contributed by atoms with Crippen molar-refractivity contribution >= 4 is 8.80 Å². The van der Waals surface area contributed by atoms with E-state index >= 15 is 0 Å². The molecule has 1 aromatic rings. The molecule has 1 heterocycles. The van der Waals surface area contributed by atoms with Crippen LogP contribution in [0.1, 0.15) is 63.8 Å². The maximum atomic E-state index is 10.4. The molecule has 2 atom stereocenters. The number of hydrogen-bond acceptors (Lipinski definition) is 2. The molecule has 1 aromatic heterocycles. The number of hydrogen-bond donors (Lipinski definition) is 2. The van der Waals surface area contributed by atoms with Crippen LogP contribution in [-0.4, -0.2) is 19.0 Å². The van der Waals surface area contributed by atoms with Gasteiger partial charge in [-0.15, -0.1) is 0 Å². The third-order valence-electron chi connectivity index (χ3n) is 4.64. The van der Waals surface area contributed by atoms with E-state index in [1.165, 1.54) is 0 Å². The van der Waals surface area contributed by atoms with Gasteiger partial charge in [0, 0.05) is 6.07 Å². The Morgan fingerprint density at radius 3 is 2.60 bits per heavy atom. The Labute approximate surface area is 123 Å². The van der Waals surface area contributed by atoms with Gasteiger partial charge in [-0.05, 0) is 39.5 Å². The van der Waals surface area contributed by atoms with Crippen LogP contribution in [-0.2, 0) is 6.17 Å². The second-order valence-corrected chi connectivity index (χ2v) is 10.5. The van der Waals surface area contributed by atoms with Crippen LogP contribution < -0.4 is 4.57 Å². The van der Waals surface area contributed by atoms with Crippen molar-refractivity contribution in [1.29, 1.82) is 0 Å². The van der Waals surface area contributed by atoms with E-state index in [0.717, 1.165) is 30.3 Å². The zero-order valence-electron chi connectivity index (χ0n) is 13.3. The number of aromatic nitrogens is 1. The summed E-state index contributed by atoms with van der Waals surface area (Å²) in [5, 5.41) is 20.9. The summed E-state index contributed by atoms with van der Waals surface area (Å²) in [6.45, 7) is 11.3. The van der Waals surface area contributed by atoms with Crippen molar-refractivity contribution < 1.29 is 14.8 Å². The predicted octanol–water partition coefficient (Wildman–Crippen LogP) is 3.07. The molecule has 0 spiro atoms. The lowest BCUT2D eigenvalue weighted by Gasteiger charge is -2.24. The minimum absolute atomic E-state index is 0.322. The first kappa shape index (κ1) is 15.5. The highest BCUT2D eigenvalue weighted by Gasteiger charge is 2.43. The normalized spacial score (nSPS) is 22.5. The molecule has 1 aliphatic carbocycles. The molecule has 3 nitrogen and oxygen atoms in total. The highest BCUT2D eigenvalue weighted by Crippen LogP contribution is 2.40. The van der Waals surface area contributed by atoms with Crippen molar-refractivity contribution in [2.24, 2.45) is 0 Å². The number of aliphatic hydroxyl groups excluding tert-OH is 1. The first-order valence-electron chi connectivity index (χ1n) is 7.48. The molecule has 0 amide bonds. The molecule has 0 radical (unpaired) electrons. The van der Waals surface area contributed by atoms with Gasteiger partial charge in [-0.2, -0.15) is 4.57 Å². The number of nitrogens with zero attached hydrogens (tertiary/aromatic N) is 1. The zero-order chi connectivity index (χ0) is 15.1. The summed E-state index contributed by atoms with van der Waals surface area (Å²) in [5.74, 6) is 0.658. The first-order valence-corrected chi connectivity index (χ1v) is 9.68. The Morgan fingerprint density at radius 2 is 2.00 bits per heavy atom. The van der Waals surface area contributed by atoms with E-state index in [9.17, 15) is 10.2 Å². The van der Waals surface area contributed by atoms with Crippen molar-refractivity contribution in [1.82, 2.24) is 0 Å². The van der Waals surface area contributed by atoms with Gasteiger partial charge in [-0.1, -0.05) is 6.92 Å². The van der Waals surface area contributed by atoms with Crippen LogP contribution >= 0.6 is 0 Å². The summed E-state index contributed by atoms with van der Waals surface area (Å²) in [4.78, 5) is 0. The molecule has 0 saturated carbocycles. The Hall–Kier alpha value is -0.873. The predicted molar refractivity (Wildman–Crippen MR) is 82.2 cm³/mol. The summed E-state index contributed by atoms with van der Waals surface area (Å²) in [6.07, 6.45) is 4.20. The van der Waals surface area contributed by atoms with Gasteiger partial charge in [0.05, 0.1) is 17.1 Å². The van der Waals surface area contributed by atoms with Gasteiger partial charge in [0.25, 0.3) is 6.17 Å². The van der Waals surface area contributed by atoms with E-state index in [2.05, 4.69) is 38.8 Å². The lowest BCUT2D eigenvalue weighted by Crippen LogP contribution is -2.49. The first-order chi connectivity index (χ1) is 9.21. The smallest absolute Gasteiger partial charge is 0.397 e. The van der Waals surface area contributed by atoms with Crippen LogP contribution in [0.15, 0.2) is 12.3 Å². The van der Waals surface area contributed by atoms with Crippen LogP contribution in [0.4, 0.5) is 0 Å². The van der Waals surface area contributed by atoms with Gasteiger partial charge < -0.3 is 10.2 Å². The molecule has 0 fully saturated rings. The summed E-state index contributed by atoms with van der Waals surface area (Å²) in [5.41, 5.74) is 1.90. The topological polar surface area (TPSA) is 44.3 Å². The van der Waals surface area contributed by atoms with E-state index in [1.54, 1.807) is 6.07 Å². The van der Waals surface area contributed by atoms with Crippen molar-refractivity contribution in [3.63, 3.8) is 0 Å². The quantitative estimate of drug-likeness (QED) is 0.650. The van der Waals surface area contributed by atoms with Crippen LogP contribution in [0, 0.1) is 0 Å². The maximum Gasteiger partial charge on any atom is 0.397 e. The highest BCUT2D eigenvalue weighted by molar-refractivity contribution is 6.58. The largest absolute Gasteiger partial charge is 0.507 e. The minimum Gasteiger partial charge on any atom is -0.507 e. The van der Waals surface area contributed by atoms with Gasteiger partial charge in [0.15, 0.2) is 6.20 Å². The Kier molecular flexibility index (Phi) is 4.26. The molecule has 4 heteroatoms. The van der Waals surface area contributed by atoms with Gasteiger partial charge in [0.2, 0.25) is 5.69 Å². The molecule has 1 aliphatic rings. The standard InChI is InChI=1S/C16H26NO2Si/c1-11-6-7-13(19)15-14(11)12(18)8-9-17(15)10-20(5)16(2,3)4/h8-9,11,13,19H,6-7,10H2,1-5H3/q+1/p+1/t11-,13-/m1/s1. The van der Waals surface area contributed by atoms with Gasteiger partial charge in [-0.3, -0.25) is 0 Å². The molecule has 110 valence electrons. The van der Waals surface area contributed by atoms with E-state index < -0.39 is 14.9 Å². The summed E-state index contributed by atoms with van der Waals surface area (Å²) >= 11 is 0. The second kappa shape index (κ2) is 5.49. The Balaban J connectivity index is 2.43. The highest BCUT2D eigenvalue weighted by atomic mass is 28.3. The lowest BCUT2D eigenvalue weighted by atomic mass is 9.84. The molecule has 0 aromatic carbocycles. The molecule has 2 rings (SSSR count). The Morgan fingerprint density at radius 1 is 1.35 bits per heavy atom. The SMILES string of the molecule is C[C@@H]1CC[C@@H](O)c2c1c(O)cc[n+]2C[Si+](C)C(C)(C)C. The average Bonchev–Trinajstić information content (AvgIpc) is 2.35. The molecular weight excluding hydrogens is 266 g/mol. The van der Waals surface area contributed by atoms with Crippen molar-refractivity contribution in [3.05, 3.63) is 23.5 Å². The van der Waals surface area contributed by atoms with E-state index in [-0.39, 0.29) is 0 Å². The van der Waals surface area contributed by atoms with E-state index in [0.29, 0.717) is 16.7 Å². The van der Waals surface area contributed by atoms with Crippen LogP contribution in [0.5, 0.6) is 5.75 Å². The maximum absolute atomic E-state index is 10.4. The van der Waals surface area contributed by atoms with Crippen molar-refractivity contribution in [2.75, 3.05) is 0 Å². The fourth-order valence-corrected chi connectivity index (χ4v) is 4.07. The lowest BCUT2D eigenvalue weighted by molar-refractivity contribution is -0.692. The van der Waals surface area contributed by atoms with Crippen molar-refractivity contribution in [2.45, 2.75) is 70.3 Å². The minimum atomic E-state index is -0.573. The Bertz CT molecular complexity index is 496. The van der Waals surface area contributed by atoms with E-state index in [4.69, 9.17) is 0 Å². The molecule has 0 bridgehead atoms. The molecule has 20 heavy (non-hydrogen) atoms. The number of aliphatic hydroxyl groups is 1. The zero-order valence-corrected chi connectivity index (χ0v) is 14.3. The number of fused-ring (bicyclic) bond motifs is 1. The summed E-state index contributed by atoms with van der Waals surface area (Å²) in [7, 11) is -0.573. The third kappa shape index (κ3) is 2.91. The van der Waals surface area contributed by atoms with Crippen molar-refractivity contribution in [3.8, 4) is 5.75 Å². The van der Waals surface area contributed by atoms with Crippen LogP contribution in [0.25, 0.3) is 0 Å². The average molecular weight is 293 g/mol. The molecule has 0 saturated heterocycles. The fourth-order valence-electron chi connectivity index (χ4n) is 2.81. The van der Waals surface area contributed by atoms with Crippen LogP contribution in [0.3, 0.4) is 0 Å². The van der Waals surface area contributed by atoms with Gasteiger partial charge in [-0.25, -0.2) is 0 Å². The monoisotopic (exact) mass is 293 g/mol. The molecule has 0 unspecified atom stereocenters. The van der Waals surface area contributed by atoms with E-state index in [1.807, 2.05) is 6.20 Å².